The molecule has 1 heterocycles. The van der Waals surface area contributed by atoms with Crippen LogP contribution in [0.4, 0.5) is 0 Å². The number of nitrogens with one attached hydrogen (secondary N) is 1. The molecule has 9 heteroatoms. The smallest absolute Gasteiger partial charge is 0.307 e. The molecule has 2 unspecified atom stereocenters. The lowest BCUT2D eigenvalue weighted by molar-refractivity contribution is -0.140. The molecule has 0 radical (unpaired) electrons. The summed E-state index contributed by atoms with van der Waals surface area (Å²) in [6, 6.07) is 0. The number of sulfone groups is 1. The van der Waals surface area contributed by atoms with E-state index in [-0.39, 0.29) is 24.5 Å². The maximum absolute atomic E-state index is 11.7. The predicted octanol–water partition coefficient (Wildman–Crippen LogP) is -1.19. The molecule has 1 aliphatic heterocycles. The molecule has 0 aliphatic carbocycles. The molecule has 0 aromatic rings. The number of hydrogen-bond acceptors (Lipinski definition) is 5. The molecule has 0 spiro atoms. The van der Waals surface area contributed by atoms with Gasteiger partial charge in [-0.3, -0.25) is 4.79 Å². The second kappa shape index (κ2) is 4.91. The van der Waals surface area contributed by atoms with Crippen LogP contribution in [0.1, 0.15) is 13.3 Å². The van der Waals surface area contributed by atoms with Crippen LogP contribution in [0, 0.1) is 5.92 Å². The summed E-state index contributed by atoms with van der Waals surface area (Å²) in [6.07, 6.45) is 0.0686. The first-order valence-corrected chi connectivity index (χ1v) is 8.42. The highest BCUT2D eigenvalue weighted by molar-refractivity contribution is 7.95. The summed E-state index contributed by atoms with van der Waals surface area (Å²) in [5, 5.41) is 7.63. The number of hydrogen-bond donors (Lipinski definition) is 2. The zero-order chi connectivity index (χ0) is 13.3. The van der Waals surface area contributed by atoms with Gasteiger partial charge in [0.15, 0.2) is 9.84 Å². The van der Waals surface area contributed by atoms with Gasteiger partial charge in [-0.15, -0.1) is 0 Å². The summed E-state index contributed by atoms with van der Waals surface area (Å²) in [6.45, 7) is 1.14. The van der Waals surface area contributed by atoms with Crippen LogP contribution in [-0.2, 0) is 24.7 Å². The molecular weight excluding hydrogens is 270 g/mol. The van der Waals surface area contributed by atoms with E-state index < -0.39 is 37.0 Å². The highest BCUT2D eigenvalue weighted by atomic mass is 32.2. The molecule has 2 N–H and O–H groups in total. The van der Waals surface area contributed by atoms with Gasteiger partial charge in [0.1, 0.15) is 0 Å². The van der Waals surface area contributed by atoms with E-state index in [9.17, 15) is 21.6 Å². The van der Waals surface area contributed by atoms with Crippen molar-refractivity contribution in [1.29, 1.82) is 0 Å². The Morgan fingerprint density at radius 1 is 1.53 bits per heavy atom. The van der Waals surface area contributed by atoms with Gasteiger partial charge in [-0.25, -0.2) is 21.6 Å². The average molecular weight is 285 g/mol. The Balaban J connectivity index is 2.62. The molecule has 1 rings (SSSR count). The van der Waals surface area contributed by atoms with Crippen LogP contribution in [0.2, 0.25) is 0 Å². The Labute approximate surface area is 100 Å². The zero-order valence-corrected chi connectivity index (χ0v) is 10.9. The molecule has 1 aliphatic rings. The maximum Gasteiger partial charge on any atom is 0.307 e. The first kappa shape index (κ1) is 14.4. The van der Waals surface area contributed by atoms with E-state index in [1.165, 1.54) is 6.92 Å². The number of sulfonamides is 1. The van der Waals surface area contributed by atoms with Gasteiger partial charge in [0.25, 0.3) is 0 Å². The summed E-state index contributed by atoms with van der Waals surface area (Å²) in [5.74, 6) is -2.47. The first-order chi connectivity index (χ1) is 7.64. The molecule has 1 saturated heterocycles. The van der Waals surface area contributed by atoms with Crippen molar-refractivity contribution in [1.82, 2.24) is 4.72 Å². The van der Waals surface area contributed by atoms with E-state index in [1.807, 2.05) is 0 Å². The summed E-state index contributed by atoms with van der Waals surface area (Å²) in [4.78, 5) is 10.5. The fourth-order valence-electron chi connectivity index (χ4n) is 1.45. The Morgan fingerprint density at radius 3 is 2.53 bits per heavy atom. The van der Waals surface area contributed by atoms with Crippen LogP contribution in [-0.4, -0.2) is 51.2 Å². The van der Waals surface area contributed by atoms with Crippen LogP contribution in [0.5, 0.6) is 0 Å². The largest absolute Gasteiger partial charge is 0.481 e. The number of rotatable bonds is 5. The fraction of sp³-hybridized carbons (Fsp3) is 0.875. The van der Waals surface area contributed by atoms with Crippen LogP contribution in [0.3, 0.4) is 0 Å². The third kappa shape index (κ3) is 3.93. The van der Waals surface area contributed by atoms with Crippen LogP contribution in [0.25, 0.3) is 0 Å². The summed E-state index contributed by atoms with van der Waals surface area (Å²) in [5.41, 5.74) is 0. The van der Waals surface area contributed by atoms with E-state index >= 15 is 0 Å². The van der Waals surface area contributed by atoms with Crippen molar-refractivity contribution < 1.29 is 26.7 Å². The fourth-order valence-corrected chi connectivity index (χ4v) is 5.63. The molecule has 2 atom stereocenters. The van der Waals surface area contributed by atoms with E-state index in [0.717, 1.165) is 0 Å². The van der Waals surface area contributed by atoms with Gasteiger partial charge in [-0.1, -0.05) is 6.92 Å². The van der Waals surface area contributed by atoms with Crippen molar-refractivity contribution in [2.45, 2.75) is 18.6 Å². The van der Waals surface area contributed by atoms with E-state index in [2.05, 4.69) is 4.72 Å². The SMILES string of the molecule is CC(CNS(=O)(=O)C1CCS(=O)(=O)C1)C(=O)O. The van der Waals surface area contributed by atoms with Gasteiger partial charge in [-0.05, 0) is 6.42 Å². The molecule has 100 valence electrons. The number of carboxylic acids is 1. The molecule has 0 amide bonds. The minimum Gasteiger partial charge on any atom is -0.481 e. The van der Waals surface area contributed by atoms with Crippen LogP contribution < -0.4 is 4.72 Å². The van der Waals surface area contributed by atoms with Gasteiger partial charge in [0, 0.05) is 6.54 Å². The number of carbonyl (C=O) groups is 1. The van der Waals surface area contributed by atoms with Crippen molar-refractivity contribution in [2.75, 3.05) is 18.1 Å². The molecule has 0 saturated carbocycles. The monoisotopic (exact) mass is 285 g/mol. The van der Waals surface area contributed by atoms with Crippen LogP contribution >= 0.6 is 0 Å². The van der Waals surface area contributed by atoms with Gasteiger partial charge < -0.3 is 5.11 Å². The lowest BCUT2D eigenvalue weighted by atomic mass is 10.2. The molecule has 7 nitrogen and oxygen atoms in total. The Kier molecular flexibility index (Phi) is 4.15. The highest BCUT2D eigenvalue weighted by Crippen LogP contribution is 2.18. The maximum atomic E-state index is 11.7. The third-order valence-corrected chi connectivity index (χ3v) is 6.47. The first-order valence-electron chi connectivity index (χ1n) is 5.06. The van der Waals surface area contributed by atoms with Crippen molar-refractivity contribution in [3.05, 3.63) is 0 Å². The van der Waals surface area contributed by atoms with Crippen molar-refractivity contribution in [3.63, 3.8) is 0 Å². The molecular formula is C8H15NO6S2. The van der Waals surface area contributed by atoms with Gasteiger partial charge in [0.05, 0.1) is 22.7 Å². The Morgan fingerprint density at radius 2 is 2.12 bits per heavy atom. The molecule has 1 fully saturated rings. The Hall–Kier alpha value is -0.670. The topological polar surface area (TPSA) is 118 Å². The summed E-state index contributed by atoms with van der Waals surface area (Å²) in [7, 11) is -7.02. The normalized spacial score (nSPS) is 25.6. The molecule has 0 aromatic heterocycles. The predicted molar refractivity (Wildman–Crippen MR) is 60.8 cm³/mol. The lowest BCUT2D eigenvalue weighted by Crippen LogP contribution is -2.38. The minimum absolute atomic E-state index is 0.0686. The van der Waals surface area contributed by atoms with Crippen molar-refractivity contribution >= 4 is 25.8 Å². The Bertz CT molecular complexity index is 494. The molecule has 0 bridgehead atoms. The average Bonchev–Trinajstić information content (AvgIpc) is 2.56. The summed E-state index contributed by atoms with van der Waals surface area (Å²) < 4.78 is 47.8. The van der Waals surface area contributed by atoms with Crippen molar-refractivity contribution in [2.24, 2.45) is 5.92 Å². The van der Waals surface area contributed by atoms with E-state index in [4.69, 9.17) is 5.11 Å². The standard InChI is InChI=1S/C8H15NO6S2/c1-6(8(10)11)4-9-17(14,15)7-2-3-16(12,13)5-7/h6-7,9H,2-5H2,1H3,(H,10,11). The van der Waals surface area contributed by atoms with Crippen LogP contribution in [0.15, 0.2) is 0 Å². The second-order valence-electron chi connectivity index (χ2n) is 4.16. The minimum atomic E-state index is -3.75. The van der Waals surface area contributed by atoms with Crippen molar-refractivity contribution in [3.8, 4) is 0 Å². The quantitative estimate of drug-likeness (QED) is 0.656. The lowest BCUT2D eigenvalue weighted by Gasteiger charge is -2.13. The zero-order valence-electron chi connectivity index (χ0n) is 9.29. The number of carboxylic acid groups (broad SMARTS) is 1. The van der Waals surface area contributed by atoms with E-state index in [0.29, 0.717) is 0 Å². The molecule has 0 aromatic carbocycles. The number of aliphatic carboxylic acids is 1. The van der Waals surface area contributed by atoms with Gasteiger partial charge >= 0.3 is 5.97 Å². The molecule has 17 heavy (non-hydrogen) atoms. The third-order valence-electron chi connectivity index (χ3n) is 2.64. The van der Waals surface area contributed by atoms with Gasteiger partial charge in [-0.2, -0.15) is 0 Å². The summed E-state index contributed by atoms with van der Waals surface area (Å²) >= 11 is 0. The highest BCUT2D eigenvalue weighted by Gasteiger charge is 2.37. The van der Waals surface area contributed by atoms with E-state index in [1.54, 1.807) is 0 Å². The second-order valence-corrected chi connectivity index (χ2v) is 8.43. The van der Waals surface area contributed by atoms with Gasteiger partial charge in [0.2, 0.25) is 10.0 Å².